The lowest BCUT2D eigenvalue weighted by atomic mass is 10.0. The molecule has 0 spiro atoms. The van der Waals surface area contributed by atoms with Crippen LogP contribution in [0.25, 0.3) is 0 Å². The number of benzene rings is 2. The second-order valence-corrected chi connectivity index (χ2v) is 6.29. The van der Waals surface area contributed by atoms with Crippen molar-refractivity contribution < 1.29 is 9.53 Å². The molecule has 0 bridgehead atoms. The highest BCUT2D eigenvalue weighted by atomic mass is 16.5. The summed E-state index contributed by atoms with van der Waals surface area (Å²) in [5, 5.41) is 6.44. The van der Waals surface area contributed by atoms with E-state index in [1.54, 1.807) is 13.2 Å². The molecule has 134 valence electrons. The minimum absolute atomic E-state index is 0.0843. The molecule has 0 aromatic heterocycles. The number of hydrogen-bond donors (Lipinski definition) is 2. The van der Waals surface area contributed by atoms with Crippen LogP contribution in [0, 0.1) is 12.3 Å². The zero-order valence-corrected chi connectivity index (χ0v) is 14.9. The van der Waals surface area contributed by atoms with Gasteiger partial charge in [-0.25, -0.2) is 4.79 Å². The molecule has 0 atom stereocenters. The summed E-state index contributed by atoms with van der Waals surface area (Å²) in [6.07, 6.45) is 7.20. The van der Waals surface area contributed by atoms with E-state index in [0.717, 1.165) is 35.5 Å². The van der Waals surface area contributed by atoms with Gasteiger partial charge in [-0.05, 0) is 43.2 Å². The number of nitrogens with zero attached hydrogens (tertiary/aromatic N) is 1. The van der Waals surface area contributed by atoms with E-state index in [9.17, 15) is 4.79 Å². The number of terminal acetylenes is 1. The van der Waals surface area contributed by atoms with Crippen LogP contribution in [0.1, 0.15) is 18.4 Å². The number of nitrogens with one attached hydrogen (secondary N) is 2. The number of methoxy groups -OCH3 is 1. The molecule has 2 N–H and O–H groups in total. The Bertz CT molecular complexity index is 805. The lowest BCUT2D eigenvalue weighted by Gasteiger charge is -2.33. The summed E-state index contributed by atoms with van der Waals surface area (Å²) in [5.74, 6) is 3.41. The number of amides is 2. The van der Waals surface area contributed by atoms with E-state index in [4.69, 9.17) is 11.2 Å². The fraction of sp³-hybridized carbons (Fsp3) is 0.286. The van der Waals surface area contributed by atoms with Gasteiger partial charge in [-0.1, -0.05) is 18.1 Å². The molecule has 2 aromatic rings. The molecule has 2 amide bonds. The van der Waals surface area contributed by atoms with E-state index in [1.807, 2.05) is 47.4 Å². The van der Waals surface area contributed by atoms with E-state index < -0.39 is 0 Å². The Hall–Kier alpha value is -3.13. The van der Waals surface area contributed by atoms with E-state index >= 15 is 0 Å². The second-order valence-electron chi connectivity index (χ2n) is 6.29. The van der Waals surface area contributed by atoms with Gasteiger partial charge in [0.1, 0.15) is 5.75 Å². The maximum atomic E-state index is 12.4. The first kappa shape index (κ1) is 17.7. The topological polar surface area (TPSA) is 53.6 Å². The molecule has 26 heavy (non-hydrogen) atoms. The average molecular weight is 349 g/mol. The van der Waals surface area contributed by atoms with Crippen molar-refractivity contribution in [2.24, 2.45) is 0 Å². The average Bonchev–Trinajstić information content (AvgIpc) is 2.69. The summed E-state index contributed by atoms with van der Waals surface area (Å²) in [6, 6.07) is 15.5. The van der Waals surface area contributed by atoms with Gasteiger partial charge in [0.25, 0.3) is 0 Å². The van der Waals surface area contributed by atoms with Gasteiger partial charge in [0, 0.05) is 42.1 Å². The standard InChI is InChI=1S/C21H23N3O2/c1-3-16-6-4-7-18(14-16)23-21(25)24-12-10-17(11-13-24)22-19-8-5-9-20(15-19)26-2/h1,4-9,14-15,17,22H,10-13H2,2H3,(H,23,25). The first-order valence-corrected chi connectivity index (χ1v) is 8.71. The van der Waals surface area contributed by atoms with Crippen molar-refractivity contribution in [3.05, 3.63) is 54.1 Å². The summed E-state index contributed by atoms with van der Waals surface area (Å²) >= 11 is 0. The number of hydrogen-bond acceptors (Lipinski definition) is 3. The Morgan fingerprint density at radius 2 is 1.88 bits per heavy atom. The molecule has 0 aliphatic carbocycles. The van der Waals surface area contributed by atoms with Gasteiger partial charge in [0.15, 0.2) is 0 Å². The molecule has 1 aliphatic heterocycles. The number of urea groups is 1. The molecular formula is C21H23N3O2. The maximum Gasteiger partial charge on any atom is 0.321 e. The van der Waals surface area contributed by atoms with Crippen molar-refractivity contribution in [1.82, 2.24) is 4.90 Å². The molecule has 0 saturated carbocycles. The van der Waals surface area contributed by atoms with Crippen molar-refractivity contribution >= 4 is 17.4 Å². The van der Waals surface area contributed by atoms with Crippen LogP contribution in [0.2, 0.25) is 0 Å². The summed E-state index contributed by atoms with van der Waals surface area (Å²) in [6.45, 7) is 1.42. The number of carbonyl (C=O) groups excluding carboxylic acids is 1. The summed E-state index contributed by atoms with van der Waals surface area (Å²) in [4.78, 5) is 14.3. The highest BCUT2D eigenvalue weighted by Gasteiger charge is 2.22. The third-order valence-electron chi connectivity index (χ3n) is 4.50. The third-order valence-corrected chi connectivity index (χ3v) is 4.50. The van der Waals surface area contributed by atoms with E-state index in [2.05, 4.69) is 16.6 Å². The first-order chi connectivity index (χ1) is 12.7. The normalized spacial score (nSPS) is 14.4. The van der Waals surface area contributed by atoms with Gasteiger partial charge in [-0.15, -0.1) is 6.42 Å². The molecular weight excluding hydrogens is 326 g/mol. The predicted molar refractivity (Wildman–Crippen MR) is 105 cm³/mol. The number of piperidine rings is 1. The predicted octanol–water partition coefficient (Wildman–Crippen LogP) is 3.78. The zero-order valence-electron chi connectivity index (χ0n) is 14.9. The smallest absolute Gasteiger partial charge is 0.321 e. The van der Waals surface area contributed by atoms with Crippen molar-refractivity contribution in [1.29, 1.82) is 0 Å². The van der Waals surface area contributed by atoms with Crippen LogP contribution in [-0.4, -0.2) is 37.2 Å². The summed E-state index contributed by atoms with van der Waals surface area (Å²) in [5.41, 5.74) is 2.52. The monoisotopic (exact) mass is 349 g/mol. The molecule has 1 aliphatic rings. The number of rotatable bonds is 4. The van der Waals surface area contributed by atoms with Crippen LogP contribution < -0.4 is 15.4 Å². The molecule has 0 unspecified atom stereocenters. The molecule has 3 rings (SSSR count). The quantitative estimate of drug-likeness (QED) is 0.826. The Balaban J connectivity index is 1.51. The van der Waals surface area contributed by atoms with Crippen molar-refractivity contribution in [2.75, 3.05) is 30.8 Å². The van der Waals surface area contributed by atoms with Crippen LogP contribution in [0.5, 0.6) is 5.75 Å². The van der Waals surface area contributed by atoms with Gasteiger partial charge in [0.05, 0.1) is 7.11 Å². The van der Waals surface area contributed by atoms with Crippen LogP contribution in [0.4, 0.5) is 16.2 Å². The van der Waals surface area contributed by atoms with Crippen LogP contribution in [-0.2, 0) is 0 Å². The summed E-state index contributed by atoms with van der Waals surface area (Å²) in [7, 11) is 1.66. The largest absolute Gasteiger partial charge is 0.497 e. The zero-order chi connectivity index (χ0) is 18.4. The fourth-order valence-corrected chi connectivity index (χ4v) is 3.06. The van der Waals surface area contributed by atoms with Gasteiger partial charge in [0.2, 0.25) is 0 Å². The number of anilines is 2. The third kappa shape index (κ3) is 4.48. The molecule has 1 fully saturated rings. The van der Waals surface area contributed by atoms with Crippen LogP contribution >= 0.6 is 0 Å². The maximum absolute atomic E-state index is 12.4. The van der Waals surface area contributed by atoms with Crippen LogP contribution in [0.15, 0.2) is 48.5 Å². The number of carbonyl (C=O) groups is 1. The molecule has 2 aromatic carbocycles. The van der Waals surface area contributed by atoms with Crippen molar-refractivity contribution in [3.8, 4) is 18.1 Å². The minimum Gasteiger partial charge on any atom is -0.497 e. The second kappa shape index (κ2) is 8.30. The van der Waals surface area contributed by atoms with Gasteiger partial charge in [-0.2, -0.15) is 0 Å². The number of ether oxygens (including phenoxy) is 1. The highest BCUT2D eigenvalue weighted by molar-refractivity contribution is 5.89. The molecule has 0 radical (unpaired) electrons. The Kier molecular flexibility index (Phi) is 5.65. The fourth-order valence-electron chi connectivity index (χ4n) is 3.06. The molecule has 5 heteroatoms. The molecule has 1 saturated heterocycles. The first-order valence-electron chi connectivity index (χ1n) is 8.71. The van der Waals surface area contributed by atoms with E-state index in [-0.39, 0.29) is 6.03 Å². The minimum atomic E-state index is -0.0843. The lowest BCUT2D eigenvalue weighted by Crippen LogP contribution is -2.44. The van der Waals surface area contributed by atoms with Gasteiger partial charge in [-0.3, -0.25) is 0 Å². The van der Waals surface area contributed by atoms with E-state index in [1.165, 1.54) is 0 Å². The molecule has 5 nitrogen and oxygen atoms in total. The Labute approximate surface area is 154 Å². The lowest BCUT2D eigenvalue weighted by molar-refractivity contribution is 0.197. The molecule has 1 heterocycles. The SMILES string of the molecule is C#Cc1cccc(NC(=O)N2CCC(Nc3cccc(OC)c3)CC2)c1. The van der Waals surface area contributed by atoms with Gasteiger partial charge >= 0.3 is 6.03 Å². The summed E-state index contributed by atoms with van der Waals surface area (Å²) < 4.78 is 5.25. The van der Waals surface area contributed by atoms with Crippen molar-refractivity contribution in [3.63, 3.8) is 0 Å². The van der Waals surface area contributed by atoms with E-state index in [0.29, 0.717) is 19.1 Å². The Morgan fingerprint density at radius 3 is 2.62 bits per heavy atom. The van der Waals surface area contributed by atoms with Crippen LogP contribution in [0.3, 0.4) is 0 Å². The highest BCUT2D eigenvalue weighted by Crippen LogP contribution is 2.21. The number of likely N-dealkylation sites (tertiary alicyclic amines) is 1. The van der Waals surface area contributed by atoms with Crippen molar-refractivity contribution in [2.45, 2.75) is 18.9 Å². The van der Waals surface area contributed by atoms with Gasteiger partial charge < -0.3 is 20.3 Å². The Morgan fingerprint density at radius 1 is 1.15 bits per heavy atom.